The Morgan fingerprint density at radius 1 is 1.00 bits per heavy atom. The van der Waals surface area contributed by atoms with E-state index < -0.39 is 0 Å². The summed E-state index contributed by atoms with van der Waals surface area (Å²) in [7, 11) is 3.05. The SMILES string of the molecule is COc1ccc(C(=O)Nc2cccc(-c3ccc(=O)[nH]n3)c2)cc1OC. The van der Waals surface area contributed by atoms with Crippen LogP contribution in [0.15, 0.2) is 59.4 Å². The van der Waals surface area contributed by atoms with E-state index in [0.717, 1.165) is 5.56 Å². The molecule has 0 aliphatic heterocycles. The Kier molecular flexibility index (Phi) is 4.98. The number of rotatable bonds is 5. The Balaban J connectivity index is 1.83. The fourth-order valence-corrected chi connectivity index (χ4v) is 2.44. The van der Waals surface area contributed by atoms with Crippen LogP contribution in [0.5, 0.6) is 11.5 Å². The van der Waals surface area contributed by atoms with Gasteiger partial charge in [-0.25, -0.2) is 5.10 Å². The normalized spacial score (nSPS) is 10.2. The first-order valence-corrected chi connectivity index (χ1v) is 7.80. The van der Waals surface area contributed by atoms with Crippen LogP contribution in [0.2, 0.25) is 0 Å². The van der Waals surface area contributed by atoms with Crippen LogP contribution in [0.1, 0.15) is 10.4 Å². The van der Waals surface area contributed by atoms with Crippen molar-refractivity contribution in [2.45, 2.75) is 0 Å². The second kappa shape index (κ2) is 7.52. The van der Waals surface area contributed by atoms with Crippen molar-refractivity contribution in [3.63, 3.8) is 0 Å². The first kappa shape index (κ1) is 17.2. The van der Waals surface area contributed by atoms with E-state index in [9.17, 15) is 9.59 Å². The minimum absolute atomic E-state index is 0.272. The lowest BCUT2D eigenvalue weighted by molar-refractivity contribution is 0.102. The molecule has 0 aliphatic rings. The molecule has 2 N–H and O–H groups in total. The third-order valence-electron chi connectivity index (χ3n) is 3.74. The number of nitrogens with zero attached hydrogens (tertiary/aromatic N) is 1. The number of amides is 1. The number of H-pyrrole nitrogens is 1. The van der Waals surface area contributed by atoms with Gasteiger partial charge in [0.2, 0.25) is 0 Å². The standard InChI is InChI=1S/C19H17N3O4/c1-25-16-8-6-13(11-17(16)26-2)19(24)20-14-5-3-4-12(10-14)15-7-9-18(23)22-21-15/h3-11H,1-2H3,(H,20,24)(H,22,23). The molecule has 1 aromatic heterocycles. The van der Waals surface area contributed by atoms with Gasteiger partial charge in [-0.05, 0) is 36.4 Å². The fourth-order valence-electron chi connectivity index (χ4n) is 2.44. The number of aromatic nitrogens is 2. The topological polar surface area (TPSA) is 93.3 Å². The van der Waals surface area contributed by atoms with E-state index in [1.807, 2.05) is 6.07 Å². The molecule has 0 bridgehead atoms. The number of ether oxygens (including phenoxy) is 2. The van der Waals surface area contributed by atoms with Crippen molar-refractivity contribution in [3.8, 4) is 22.8 Å². The van der Waals surface area contributed by atoms with E-state index in [1.165, 1.54) is 20.3 Å². The predicted octanol–water partition coefficient (Wildman–Crippen LogP) is 2.71. The average molecular weight is 351 g/mol. The van der Waals surface area contributed by atoms with E-state index in [2.05, 4.69) is 15.5 Å². The molecule has 132 valence electrons. The van der Waals surface area contributed by atoms with Crippen LogP contribution in [-0.4, -0.2) is 30.3 Å². The third-order valence-corrected chi connectivity index (χ3v) is 3.74. The van der Waals surface area contributed by atoms with Gasteiger partial charge in [-0.3, -0.25) is 9.59 Å². The van der Waals surface area contributed by atoms with Crippen molar-refractivity contribution in [2.75, 3.05) is 19.5 Å². The summed E-state index contributed by atoms with van der Waals surface area (Å²) >= 11 is 0. The van der Waals surface area contributed by atoms with Crippen LogP contribution in [0.25, 0.3) is 11.3 Å². The smallest absolute Gasteiger partial charge is 0.264 e. The van der Waals surface area contributed by atoms with Crippen LogP contribution >= 0.6 is 0 Å². The van der Waals surface area contributed by atoms with Crippen molar-refractivity contribution in [2.24, 2.45) is 0 Å². The second-order valence-corrected chi connectivity index (χ2v) is 5.41. The van der Waals surface area contributed by atoms with E-state index in [-0.39, 0.29) is 11.5 Å². The maximum absolute atomic E-state index is 12.5. The highest BCUT2D eigenvalue weighted by atomic mass is 16.5. The van der Waals surface area contributed by atoms with Crippen molar-refractivity contribution in [3.05, 3.63) is 70.5 Å². The van der Waals surface area contributed by atoms with Gasteiger partial charge in [-0.2, -0.15) is 5.10 Å². The van der Waals surface area contributed by atoms with Crippen LogP contribution in [0.3, 0.4) is 0 Å². The van der Waals surface area contributed by atoms with Gasteiger partial charge in [0.05, 0.1) is 19.9 Å². The molecule has 0 unspecified atom stereocenters. The number of anilines is 1. The lowest BCUT2D eigenvalue weighted by Crippen LogP contribution is -2.12. The van der Waals surface area contributed by atoms with E-state index in [0.29, 0.717) is 28.4 Å². The molecule has 0 atom stereocenters. The fraction of sp³-hybridized carbons (Fsp3) is 0.105. The van der Waals surface area contributed by atoms with Gasteiger partial charge in [0.25, 0.3) is 11.5 Å². The number of hydrogen-bond acceptors (Lipinski definition) is 5. The Labute approximate surface area is 149 Å². The Morgan fingerprint density at radius 2 is 1.81 bits per heavy atom. The quantitative estimate of drug-likeness (QED) is 0.737. The molecule has 2 aromatic carbocycles. The van der Waals surface area contributed by atoms with Crippen molar-refractivity contribution in [1.82, 2.24) is 10.2 Å². The van der Waals surface area contributed by atoms with Gasteiger partial charge in [0, 0.05) is 22.9 Å². The minimum atomic E-state index is -0.280. The third kappa shape index (κ3) is 3.72. The van der Waals surface area contributed by atoms with Gasteiger partial charge < -0.3 is 14.8 Å². The monoisotopic (exact) mass is 351 g/mol. The number of methoxy groups -OCH3 is 2. The number of carbonyl (C=O) groups excluding carboxylic acids is 1. The maximum Gasteiger partial charge on any atom is 0.264 e. The molecule has 1 heterocycles. The number of hydrogen-bond donors (Lipinski definition) is 2. The molecule has 26 heavy (non-hydrogen) atoms. The number of carbonyl (C=O) groups is 1. The van der Waals surface area contributed by atoms with E-state index in [1.54, 1.807) is 42.5 Å². The predicted molar refractivity (Wildman–Crippen MR) is 97.8 cm³/mol. The molecule has 0 saturated heterocycles. The number of aromatic amines is 1. The molecule has 0 fully saturated rings. The van der Waals surface area contributed by atoms with Crippen molar-refractivity contribution < 1.29 is 14.3 Å². The molecule has 0 spiro atoms. The summed E-state index contributed by atoms with van der Waals surface area (Å²) in [6.07, 6.45) is 0. The van der Waals surface area contributed by atoms with Gasteiger partial charge >= 0.3 is 0 Å². The minimum Gasteiger partial charge on any atom is -0.493 e. The first-order chi connectivity index (χ1) is 12.6. The summed E-state index contributed by atoms with van der Waals surface area (Å²) in [6, 6.07) is 15.2. The summed E-state index contributed by atoms with van der Waals surface area (Å²) in [6.45, 7) is 0. The van der Waals surface area contributed by atoms with Crippen LogP contribution in [0, 0.1) is 0 Å². The molecule has 7 nitrogen and oxygen atoms in total. The lowest BCUT2D eigenvalue weighted by atomic mass is 10.1. The highest BCUT2D eigenvalue weighted by Gasteiger charge is 2.11. The zero-order chi connectivity index (χ0) is 18.5. The summed E-state index contributed by atoms with van der Waals surface area (Å²) in [4.78, 5) is 23.6. The Hall–Kier alpha value is -3.61. The molecular weight excluding hydrogens is 334 g/mol. The molecule has 0 aliphatic carbocycles. The van der Waals surface area contributed by atoms with Crippen LogP contribution in [0.4, 0.5) is 5.69 Å². The molecule has 3 rings (SSSR count). The first-order valence-electron chi connectivity index (χ1n) is 7.80. The highest BCUT2D eigenvalue weighted by molar-refractivity contribution is 6.04. The summed E-state index contributed by atoms with van der Waals surface area (Å²) in [5, 5.41) is 9.21. The Morgan fingerprint density at radius 3 is 2.50 bits per heavy atom. The number of benzene rings is 2. The average Bonchev–Trinajstić information content (AvgIpc) is 2.68. The molecule has 0 radical (unpaired) electrons. The molecule has 7 heteroatoms. The maximum atomic E-state index is 12.5. The van der Waals surface area contributed by atoms with Crippen LogP contribution < -0.4 is 20.3 Å². The van der Waals surface area contributed by atoms with Gasteiger partial charge in [0.15, 0.2) is 11.5 Å². The van der Waals surface area contributed by atoms with E-state index in [4.69, 9.17) is 9.47 Å². The van der Waals surface area contributed by atoms with Crippen LogP contribution in [-0.2, 0) is 0 Å². The molecule has 0 saturated carbocycles. The lowest BCUT2D eigenvalue weighted by Gasteiger charge is -2.10. The summed E-state index contributed by atoms with van der Waals surface area (Å²) in [5.74, 6) is 0.749. The molecule has 3 aromatic rings. The van der Waals surface area contributed by atoms with Gasteiger partial charge in [0.1, 0.15) is 0 Å². The Bertz CT molecular complexity index is 978. The zero-order valence-electron chi connectivity index (χ0n) is 14.3. The second-order valence-electron chi connectivity index (χ2n) is 5.41. The summed E-state index contributed by atoms with van der Waals surface area (Å²) < 4.78 is 10.4. The van der Waals surface area contributed by atoms with Gasteiger partial charge in [-0.1, -0.05) is 12.1 Å². The number of nitrogens with one attached hydrogen (secondary N) is 2. The summed E-state index contributed by atoms with van der Waals surface area (Å²) in [5.41, 5.74) is 2.15. The van der Waals surface area contributed by atoms with Crippen molar-refractivity contribution >= 4 is 11.6 Å². The highest BCUT2D eigenvalue weighted by Crippen LogP contribution is 2.28. The zero-order valence-corrected chi connectivity index (χ0v) is 14.3. The van der Waals surface area contributed by atoms with E-state index >= 15 is 0 Å². The van der Waals surface area contributed by atoms with Crippen molar-refractivity contribution in [1.29, 1.82) is 0 Å². The van der Waals surface area contributed by atoms with Gasteiger partial charge in [-0.15, -0.1) is 0 Å². The largest absolute Gasteiger partial charge is 0.493 e. The molecular formula is C19H17N3O4. The molecule has 1 amide bonds.